The van der Waals surface area contributed by atoms with E-state index < -0.39 is 5.97 Å². The highest BCUT2D eigenvalue weighted by Gasteiger charge is 2.13. The van der Waals surface area contributed by atoms with Crippen LogP contribution in [0.3, 0.4) is 0 Å². The van der Waals surface area contributed by atoms with Crippen molar-refractivity contribution in [3.63, 3.8) is 0 Å². The molecule has 2 rings (SSSR count). The fourth-order valence-corrected chi connectivity index (χ4v) is 2.12. The summed E-state index contributed by atoms with van der Waals surface area (Å²) in [4.78, 5) is 10.8. The number of aromatic nitrogens is 2. The number of carbonyl (C=O) groups is 1. The van der Waals surface area contributed by atoms with Crippen LogP contribution in [-0.2, 0) is 22.6 Å². The lowest BCUT2D eigenvalue weighted by Crippen LogP contribution is -2.00. The van der Waals surface area contributed by atoms with Gasteiger partial charge in [0.2, 0.25) is 0 Å². The van der Waals surface area contributed by atoms with Crippen molar-refractivity contribution in [2.75, 3.05) is 7.11 Å². The van der Waals surface area contributed by atoms with Gasteiger partial charge in [-0.3, -0.25) is 9.89 Å². The van der Waals surface area contributed by atoms with Gasteiger partial charge in [0.05, 0.1) is 18.7 Å². The summed E-state index contributed by atoms with van der Waals surface area (Å²) in [5.74, 6) is -0.835. The number of aryl methyl sites for hydroxylation is 1. The van der Waals surface area contributed by atoms with Crippen molar-refractivity contribution in [1.29, 1.82) is 0 Å². The molecule has 0 aliphatic rings. The third-order valence-corrected chi connectivity index (χ3v) is 2.87. The molecular formula is C14H16N2O3. The Morgan fingerprint density at radius 2 is 2.26 bits per heavy atom. The molecule has 2 aromatic rings. The van der Waals surface area contributed by atoms with Crippen molar-refractivity contribution in [3.05, 3.63) is 41.2 Å². The minimum absolute atomic E-state index is 0.0182. The van der Waals surface area contributed by atoms with Crippen LogP contribution < -0.4 is 0 Å². The van der Waals surface area contributed by atoms with Crippen molar-refractivity contribution in [3.8, 4) is 11.1 Å². The summed E-state index contributed by atoms with van der Waals surface area (Å²) in [5, 5.41) is 16.0. The SMILES string of the molecule is COCc1n[nH]c(C)c1-c1cccc(CC(=O)O)c1. The predicted octanol–water partition coefficient (Wildman–Crippen LogP) is 2.16. The third-order valence-electron chi connectivity index (χ3n) is 2.87. The van der Waals surface area contributed by atoms with Crippen LogP contribution in [-0.4, -0.2) is 28.4 Å². The molecule has 0 fully saturated rings. The van der Waals surface area contributed by atoms with Gasteiger partial charge in [-0.05, 0) is 18.1 Å². The summed E-state index contributed by atoms with van der Waals surface area (Å²) in [5.41, 5.74) is 4.48. The minimum atomic E-state index is -0.835. The molecule has 1 heterocycles. The van der Waals surface area contributed by atoms with E-state index in [1.54, 1.807) is 7.11 Å². The maximum Gasteiger partial charge on any atom is 0.307 e. The second-order valence-corrected chi connectivity index (χ2v) is 4.37. The fraction of sp³-hybridized carbons (Fsp3) is 0.286. The number of H-pyrrole nitrogens is 1. The lowest BCUT2D eigenvalue weighted by molar-refractivity contribution is -0.136. The Morgan fingerprint density at radius 1 is 1.47 bits per heavy atom. The summed E-state index contributed by atoms with van der Waals surface area (Å²) in [6, 6.07) is 7.49. The smallest absolute Gasteiger partial charge is 0.307 e. The quantitative estimate of drug-likeness (QED) is 0.863. The Labute approximate surface area is 111 Å². The molecule has 100 valence electrons. The number of methoxy groups -OCH3 is 1. The number of nitrogens with zero attached hydrogens (tertiary/aromatic N) is 1. The average Bonchev–Trinajstić information content (AvgIpc) is 2.70. The van der Waals surface area contributed by atoms with E-state index in [0.717, 1.165) is 28.1 Å². The van der Waals surface area contributed by atoms with E-state index in [2.05, 4.69) is 10.2 Å². The first-order valence-corrected chi connectivity index (χ1v) is 5.95. The Morgan fingerprint density at radius 3 is 2.95 bits per heavy atom. The summed E-state index contributed by atoms with van der Waals surface area (Å²) in [7, 11) is 1.62. The molecule has 0 spiro atoms. The number of carboxylic acids is 1. The Balaban J connectivity index is 2.41. The molecule has 5 heteroatoms. The molecule has 0 atom stereocenters. The van der Waals surface area contributed by atoms with Crippen LogP contribution in [0, 0.1) is 6.92 Å². The van der Waals surface area contributed by atoms with E-state index in [4.69, 9.17) is 9.84 Å². The van der Waals surface area contributed by atoms with E-state index in [-0.39, 0.29) is 6.42 Å². The van der Waals surface area contributed by atoms with Gasteiger partial charge < -0.3 is 9.84 Å². The monoisotopic (exact) mass is 260 g/mol. The number of aromatic amines is 1. The van der Waals surface area contributed by atoms with E-state index in [0.29, 0.717) is 6.61 Å². The van der Waals surface area contributed by atoms with Gasteiger partial charge in [-0.1, -0.05) is 24.3 Å². The van der Waals surface area contributed by atoms with E-state index >= 15 is 0 Å². The number of nitrogens with one attached hydrogen (secondary N) is 1. The molecule has 0 amide bonds. The zero-order valence-corrected chi connectivity index (χ0v) is 10.9. The normalized spacial score (nSPS) is 10.6. The summed E-state index contributed by atoms with van der Waals surface area (Å²) >= 11 is 0. The molecule has 0 aliphatic heterocycles. The van der Waals surface area contributed by atoms with Gasteiger partial charge >= 0.3 is 5.97 Å². The number of rotatable bonds is 5. The molecule has 0 radical (unpaired) electrons. The number of ether oxygens (including phenoxy) is 1. The Hall–Kier alpha value is -2.14. The number of benzene rings is 1. The third kappa shape index (κ3) is 3.00. The number of aliphatic carboxylic acids is 1. The Bertz CT molecular complexity index is 590. The number of hydrogen-bond donors (Lipinski definition) is 2. The zero-order chi connectivity index (χ0) is 13.8. The molecule has 0 bridgehead atoms. The van der Waals surface area contributed by atoms with Gasteiger partial charge in [0, 0.05) is 18.4 Å². The van der Waals surface area contributed by atoms with Crippen molar-refractivity contribution < 1.29 is 14.6 Å². The minimum Gasteiger partial charge on any atom is -0.481 e. The summed E-state index contributed by atoms with van der Waals surface area (Å²) in [6.07, 6.45) is 0.0182. The van der Waals surface area contributed by atoms with Gasteiger partial charge in [-0.15, -0.1) is 0 Å². The Kier molecular flexibility index (Phi) is 3.97. The average molecular weight is 260 g/mol. The molecule has 1 aromatic carbocycles. The second kappa shape index (κ2) is 5.67. The van der Waals surface area contributed by atoms with Gasteiger partial charge in [0.1, 0.15) is 0 Å². The zero-order valence-electron chi connectivity index (χ0n) is 10.9. The maximum absolute atomic E-state index is 10.8. The largest absolute Gasteiger partial charge is 0.481 e. The molecule has 1 aromatic heterocycles. The number of carboxylic acid groups (broad SMARTS) is 1. The second-order valence-electron chi connectivity index (χ2n) is 4.37. The van der Waals surface area contributed by atoms with Crippen LogP contribution in [0.2, 0.25) is 0 Å². The molecule has 0 unspecified atom stereocenters. The molecule has 5 nitrogen and oxygen atoms in total. The summed E-state index contributed by atoms with van der Waals surface area (Å²) < 4.78 is 5.12. The molecule has 19 heavy (non-hydrogen) atoms. The van der Waals surface area contributed by atoms with Crippen molar-refractivity contribution in [1.82, 2.24) is 10.2 Å². The van der Waals surface area contributed by atoms with Crippen molar-refractivity contribution in [2.45, 2.75) is 20.0 Å². The first-order chi connectivity index (χ1) is 9.11. The van der Waals surface area contributed by atoms with Gasteiger partial charge in [-0.25, -0.2) is 0 Å². The highest BCUT2D eigenvalue weighted by molar-refractivity contribution is 5.73. The maximum atomic E-state index is 10.8. The first kappa shape index (κ1) is 13.3. The molecule has 0 saturated heterocycles. The predicted molar refractivity (Wildman–Crippen MR) is 70.8 cm³/mol. The first-order valence-electron chi connectivity index (χ1n) is 5.95. The van der Waals surface area contributed by atoms with Crippen molar-refractivity contribution >= 4 is 5.97 Å². The van der Waals surface area contributed by atoms with Crippen LogP contribution in [0.25, 0.3) is 11.1 Å². The van der Waals surface area contributed by atoms with Crippen molar-refractivity contribution in [2.24, 2.45) is 0 Å². The van der Waals surface area contributed by atoms with Crippen LogP contribution in [0.1, 0.15) is 17.0 Å². The standard InChI is InChI=1S/C14H16N2O3/c1-9-14(12(8-19-2)16-15-9)11-5-3-4-10(6-11)7-13(17)18/h3-6H,7-8H2,1-2H3,(H,15,16)(H,17,18). The molecule has 0 aliphatic carbocycles. The summed E-state index contributed by atoms with van der Waals surface area (Å²) in [6.45, 7) is 2.36. The lowest BCUT2D eigenvalue weighted by Gasteiger charge is -2.06. The topological polar surface area (TPSA) is 75.2 Å². The van der Waals surface area contributed by atoms with Crippen LogP contribution >= 0.6 is 0 Å². The highest BCUT2D eigenvalue weighted by atomic mass is 16.5. The van der Waals surface area contributed by atoms with E-state index in [1.165, 1.54) is 0 Å². The van der Waals surface area contributed by atoms with E-state index in [1.807, 2.05) is 31.2 Å². The fourth-order valence-electron chi connectivity index (χ4n) is 2.12. The number of hydrogen-bond acceptors (Lipinski definition) is 3. The van der Waals surface area contributed by atoms with Gasteiger partial charge in [0.15, 0.2) is 0 Å². The van der Waals surface area contributed by atoms with Crippen LogP contribution in [0.4, 0.5) is 0 Å². The molecule has 2 N–H and O–H groups in total. The van der Waals surface area contributed by atoms with Gasteiger partial charge in [-0.2, -0.15) is 5.10 Å². The highest BCUT2D eigenvalue weighted by Crippen LogP contribution is 2.27. The molecular weight excluding hydrogens is 244 g/mol. The van der Waals surface area contributed by atoms with Crippen LogP contribution in [0.15, 0.2) is 24.3 Å². The van der Waals surface area contributed by atoms with E-state index in [9.17, 15) is 4.79 Å². The van der Waals surface area contributed by atoms with Crippen LogP contribution in [0.5, 0.6) is 0 Å². The molecule has 0 saturated carbocycles. The lowest BCUT2D eigenvalue weighted by atomic mass is 10.00. The van der Waals surface area contributed by atoms with Gasteiger partial charge in [0.25, 0.3) is 0 Å².